The number of hydrogen-bond donors (Lipinski definition) is 3. The molecule has 1 aromatic heterocycles. The Labute approximate surface area is 165 Å². The van der Waals surface area contributed by atoms with Crippen LogP contribution in [0.25, 0.3) is 10.8 Å². The molecular formula is C23H27N3O2. The second-order valence-electron chi connectivity index (χ2n) is 7.43. The minimum atomic E-state index is 0.0361. The topological polar surface area (TPSA) is 66.4 Å². The van der Waals surface area contributed by atoms with Crippen LogP contribution in [-0.2, 0) is 6.42 Å². The first-order valence-corrected chi connectivity index (χ1v) is 9.94. The van der Waals surface area contributed by atoms with Gasteiger partial charge < -0.3 is 20.5 Å². The fraction of sp³-hybridized carbons (Fsp3) is 0.348. The molecule has 2 atom stereocenters. The first-order valence-electron chi connectivity index (χ1n) is 9.94. The zero-order chi connectivity index (χ0) is 19.2. The lowest BCUT2D eigenvalue weighted by Crippen LogP contribution is -2.43. The van der Waals surface area contributed by atoms with Crippen LogP contribution in [0.2, 0.25) is 0 Å². The van der Waals surface area contributed by atoms with Gasteiger partial charge in [-0.2, -0.15) is 0 Å². The van der Waals surface area contributed by atoms with Gasteiger partial charge in [-0.3, -0.25) is 4.98 Å². The Kier molecular flexibility index (Phi) is 6.04. The monoisotopic (exact) mass is 377 g/mol. The average molecular weight is 377 g/mol. The number of aliphatic hydroxyl groups excluding tert-OH is 1. The Hall–Kier alpha value is -2.63. The molecule has 2 aromatic carbocycles. The van der Waals surface area contributed by atoms with E-state index in [0.29, 0.717) is 18.6 Å². The van der Waals surface area contributed by atoms with Crippen molar-refractivity contribution in [2.75, 3.05) is 31.6 Å². The summed E-state index contributed by atoms with van der Waals surface area (Å²) in [5.41, 5.74) is 2.45. The van der Waals surface area contributed by atoms with E-state index < -0.39 is 0 Å². The fourth-order valence-electron chi connectivity index (χ4n) is 4.02. The minimum absolute atomic E-state index is 0.0361. The van der Waals surface area contributed by atoms with Crippen LogP contribution in [0.1, 0.15) is 12.0 Å². The highest BCUT2D eigenvalue weighted by molar-refractivity contribution is 5.93. The van der Waals surface area contributed by atoms with Gasteiger partial charge in [0.2, 0.25) is 0 Å². The first kappa shape index (κ1) is 18.7. The van der Waals surface area contributed by atoms with Gasteiger partial charge in [-0.05, 0) is 55.1 Å². The molecule has 0 bridgehead atoms. The number of pyridine rings is 1. The van der Waals surface area contributed by atoms with Gasteiger partial charge in [0.05, 0.1) is 6.61 Å². The number of benzene rings is 2. The molecule has 0 radical (unpaired) electrons. The summed E-state index contributed by atoms with van der Waals surface area (Å²) >= 11 is 0. The molecule has 1 saturated heterocycles. The zero-order valence-electron chi connectivity index (χ0n) is 16.0. The Morgan fingerprint density at radius 1 is 1.14 bits per heavy atom. The van der Waals surface area contributed by atoms with Crippen molar-refractivity contribution in [2.45, 2.75) is 18.9 Å². The molecule has 28 heavy (non-hydrogen) atoms. The summed E-state index contributed by atoms with van der Waals surface area (Å²) in [5, 5.41) is 18.6. The number of aromatic nitrogens is 1. The van der Waals surface area contributed by atoms with Crippen LogP contribution in [0.4, 0.5) is 5.69 Å². The maximum absolute atomic E-state index is 8.93. The van der Waals surface area contributed by atoms with Gasteiger partial charge in [-0.1, -0.05) is 24.3 Å². The first-order chi connectivity index (χ1) is 13.8. The molecule has 4 rings (SSSR count). The molecule has 2 unspecified atom stereocenters. The van der Waals surface area contributed by atoms with Crippen LogP contribution in [0.5, 0.6) is 5.75 Å². The van der Waals surface area contributed by atoms with Crippen molar-refractivity contribution in [1.82, 2.24) is 10.3 Å². The second-order valence-corrected chi connectivity index (χ2v) is 7.43. The predicted octanol–water partition coefficient (Wildman–Crippen LogP) is 3.24. The van der Waals surface area contributed by atoms with E-state index in [2.05, 4.69) is 52.0 Å². The smallest absolute Gasteiger partial charge is 0.119 e. The molecular weight excluding hydrogens is 350 g/mol. The molecule has 5 heteroatoms. The Balaban J connectivity index is 1.40. The molecule has 1 aliphatic rings. The molecule has 0 spiro atoms. The molecule has 3 aromatic rings. The predicted molar refractivity (Wildman–Crippen MR) is 113 cm³/mol. The number of rotatable bonds is 7. The standard InChI is InChI=1S/C23H27N3O2/c27-9-10-28-21-5-1-3-17(13-21)11-18-12-20(16-25-14-18)26-23-6-2-4-19-15-24-8-7-22(19)23/h1-8,13,15,18,20,25-27H,9-12,14,16H2. The summed E-state index contributed by atoms with van der Waals surface area (Å²) in [5.74, 6) is 1.39. The molecule has 0 aliphatic carbocycles. The summed E-state index contributed by atoms with van der Waals surface area (Å²) in [4.78, 5) is 4.22. The van der Waals surface area contributed by atoms with Crippen LogP contribution in [0, 0.1) is 5.92 Å². The summed E-state index contributed by atoms with van der Waals surface area (Å²) in [6.45, 7) is 2.37. The van der Waals surface area contributed by atoms with E-state index >= 15 is 0 Å². The van der Waals surface area contributed by atoms with E-state index in [-0.39, 0.29) is 6.61 Å². The second kappa shape index (κ2) is 9.04. The lowest BCUT2D eigenvalue weighted by molar-refractivity contribution is 0.201. The third kappa shape index (κ3) is 4.61. The number of aliphatic hydroxyl groups is 1. The summed E-state index contributed by atoms with van der Waals surface area (Å²) in [6, 6.07) is 17.0. The quantitative estimate of drug-likeness (QED) is 0.590. The molecule has 5 nitrogen and oxygen atoms in total. The van der Waals surface area contributed by atoms with E-state index in [9.17, 15) is 0 Å². The number of piperidine rings is 1. The van der Waals surface area contributed by atoms with Gasteiger partial charge in [-0.25, -0.2) is 0 Å². The van der Waals surface area contributed by atoms with Crippen molar-refractivity contribution in [1.29, 1.82) is 0 Å². The van der Waals surface area contributed by atoms with Crippen LogP contribution < -0.4 is 15.4 Å². The highest BCUT2D eigenvalue weighted by atomic mass is 16.5. The maximum Gasteiger partial charge on any atom is 0.119 e. The highest BCUT2D eigenvalue weighted by Gasteiger charge is 2.22. The van der Waals surface area contributed by atoms with Gasteiger partial charge in [-0.15, -0.1) is 0 Å². The Morgan fingerprint density at radius 2 is 2.07 bits per heavy atom. The van der Waals surface area contributed by atoms with Crippen molar-refractivity contribution in [3.63, 3.8) is 0 Å². The average Bonchev–Trinajstić information content (AvgIpc) is 2.73. The Morgan fingerprint density at radius 3 is 3.00 bits per heavy atom. The molecule has 1 fully saturated rings. The van der Waals surface area contributed by atoms with Crippen molar-refractivity contribution in [3.8, 4) is 5.75 Å². The largest absolute Gasteiger partial charge is 0.491 e. The Bertz CT molecular complexity index is 910. The SMILES string of the molecule is OCCOc1cccc(CC2CNCC(Nc3cccc4cnccc34)C2)c1. The van der Waals surface area contributed by atoms with E-state index in [1.165, 1.54) is 16.6 Å². The van der Waals surface area contributed by atoms with Gasteiger partial charge in [0.25, 0.3) is 0 Å². The zero-order valence-corrected chi connectivity index (χ0v) is 16.0. The summed E-state index contributed by atoms with van der Waals surface area (Å²) in [7, 11) is 0. The number of fused-ring (bicyclic) bond motifs is 1. The number of anilines is 1. The van der Waals surface area contributed by atoms with E-state index in [4.69, 9.17) is 9.84 Å². The minimum Gasteiger partial charge on any atom is -0.491 e. The van der Waals surface area contributed by atoms with E-state index in [1.54, 1.807) is 0 Å². The third-order valence-corrected chi connectivity index (χ3v) is 5.26. The van der Waals surface area contributed by atoms with Crippen LogP contribution in [-0.4, -0.2) is 42.4 Å². The van der Waals surface area contributed by atoms with Gasteiger partial charge in [0.15, 0.2) is 0 Å². The fourth-order valence-corrected chi connectivity index (χ4v) is 4.02. The number of nitrogens with zero attached hydrogens (tertiary/aromatic N) is 1. The number of ether oxygens (including phenoxy) is 1. The van der Waals surface area contributed by atoms with Crippen LogP contribution >= 0.6 is 0 Å². The van der Waals surface area contributed by atoms with Crippen LogP contribution in [0.15, 0.2) is 60.9 Å². The molecule has 146 valence electrons. The lowest BCUT2D eigenvalue weighted by atomic mass is 9.89. The van der Waals surface area contributed by atoms with Crippen molar-refractivity contribution < 1.29 is 9.84 Å². The molecule has 2 heterocycles. The van der Waals surface area contributed by atoms with E-state index in [0.717, 1.165) is 37.1 Å². The lowest BCUT2D eigenvalue weighted by Gasteiger charge is -2.31. The van der Waals surface area contributed by atoms with Crippen molar-refractivity contribution in [2.24, 2.45) is 5.92 Å². The molecule has 0 saturated carbocycles. The van der Waals surface area contributed by atoms with Crippen molar-refractivity contribution in [3.05, 3.63) is 66.5 Å². The molecule has 3 N–H and O–H groups in total. The third-order valence-electron chi connectivity index (χ3n) is 5.26. The molecule has 0 amide bonds. The van der Waals surface area contributed by atoms with Gasteiger partial charge in [0, 0.05) is 41.4 Å². The van der Waals surface area contributed by atoms with Crippen LogP contribution in [0.3, 0.4) is 0 Å². The summed E-state index contributed by atoms with van der Waals surface area (Å²) in [6.07, 6.45) is 5.90. The van der Waals surface area contributed by atoms with Gasteiger partial charge in [0.1, 0.15) is 12.4 Å². The van der Waals surface area contributed by atoms with Gasteiger partial charge >= 0.3 is 0 Å². The normalized spacial score (nSPS) is 19.5. The number of nitrogens with one attached hydrogen (secondary N) is 2. The molecule has 1 aliphatic heterocycles. The maximum atomic E-state index is 8.93. The van der Waals surface area contributed by atoms with E-state index in [1.807, 2.05) is 24.5 Å². The van der Waals surface area contributed by atoms with Crippen molar-refractivity contribution >= 4 is 16.5 Å². The summed E-state index contributed by atoms with van der Waals surface area (Å²) < 4.78 is 5.54. The highest BCUT2D eigenvalue weighted by Crippen LogP contribution is 2.26. The number of hydrogen-bond acceptors (Lipinski definition) is 5.